The molecule has 3 N–H and O–H groups in total. The van der Waals surface area contributed by atoms with Crippen molar-refractivity contribution in [1.29, 1.82) is 0 Å². The molecule has 7 heteroatoms. The van der Waals surface area contributed by atoms with E-state index in [0.29, 0.717) is 10.0 Å². The first-order valence-corrected chi connectivity index (χ1v) is 8.94. The molecule has 0 heterocycles. The zero-order chi connectivity index (χ0) is 17.7. The number of carbonyl (C=O) groups excluding carboxylic acids is 2. The Morgan fingerprint density at radius 3 is 2.42 bits per heavy atom. The Kier molecular flexibility index (Phi) is 6.90. The SMILES string of the molecule is CC(NC(C)c1ccc(Cl)c(Cl)c1)C(=O)NC(=O)NC1CCCC1. The first kappa shape index (κ1) is 19.0. The van der Waals surface area contributed by atoms with Crippen LogP contribution < -0.4 is 16.0 Å². The summed E-state index contributed by atoms with van der Waals surface area (Å²) in [6.45, 7) is 3.63. The number of hydrogen-bond donors (Lipinski definition) is 3. The molecule has 2 unspecified atom stereocenters. The Balaban J connectivity index is 1.83. The van der Waals surface area contributed by atoms with Gasteiger partial charge in [0.2, 0.25) is 5.91 Å². The van der Waals surface area contributed by atoms with Gasteiger partial charge in [-0.2, -0.15) is 0 Å². The van der Waals surface area contributed by atoms with E-state index in [2.05, 4.69) is 16.0 Å². The van der Waals surface area contributed by atoms with Gasteiger partial charge in [0.25, 0.3) is 0 Å². The van der Waals surface area contributed by atoms with E-state index in [1.807, 2.05) is 13.0 Å². The maximum Gasteiger partial charge on any atom is 0.321 e. The van der Waals surface area contributed by atoms with E-state index in [1.54, 1.807) is 19.1 Å². The largest absolute Gasteiger partial charge is 0.335 e. The van der Waals surface area contributed by atoms with Crippen LogP contribution in [0.15, 0.2) is 18.2 Å². The molecule has 1 aliphatic carbocycles. The summed E-state index contributed by atoms with van der Waals surface area (Å²) in [6.07, 6.45) is 4.20. The maximum absolute atomic E-state index is 12.1. The Hall–Kier alpha value is -1.30. The summed E-state index contributed by atoms with van der Waals surface area (Å²) >= 11 is 11.9. The molecule has 0 saturated heterocycles. The minimum absolute atomic E-state index is 0.113. The van der Waals surface area contributed by atoms with Crippen LogP contribution in [-0.2, 0) is 4.79 Å². The third-order valence-corrected chi connectivity index (χ3v) is 5.00. The standard InChI is InChI=1S/C17H23Cl2N3O2/c1-10(12-7-8-14(18)15(19)9-12)20-11(2)16(23)22-17(24)21-13-5-3-4-6-13/h7-11,13,20H,3-6H2,1-2H3,(H2,21,22,23,24). The molecular formula is C17H23Cl2N3O2. The third kappa shape index (κ3) is 5.36. The lowest BCUT2D eigenvalue weighted by Gasteiger charge is -2.20. The second-order valence-electron chi connectivity index (χ2n) is 6.23. The Morgan fingerprint density at radius 2 is 1.79 bits per heavy atom. The van der Waals surface area contributed by atoms with Crippen LogP contribution in [0.1, 0.15) is 51.1 Å². The van der Waals surface area contributed by atoms with Crippen molar-refractivity contribution in [2.75, 3.05) is 0 Å². The number of hydrogen-bond acceptors (Lipinski definition) is 3. The average Bonchev–Trinajstić information content (AvgIpc) is 3.02. The summed E-state index contributed by atoms with van der Waals surface area (Å²) in [7, 11) is 0. The third-order valence-electron chi connectivity index (χ3n) is 4.26. The van der Waals surface area contributed by atoms with Gasteiger partial charge in [0, 0.05) is 12.1 Å². The predicted octanol–water partition coefficient (Wildman–Crippen LogP) is 3.80. The van der Waals surface area contributed by atoms with Crippen molar-refractivity contribution in [3.05, 3.63) is 33.8 Å². The van der Waals surface area contributed by atoms with Crippen LogP contribution in [0, 0.1) is 0 Å². The lowest BCUT2D eigenvalue weighted by atomic mass is 10.1. The highest BCUT2D eigenvalue weighted by Crippen LogP contribution is 2.25. The van der Waals surface area contributed by atoms with Crippen molar-refractivity contribution in [2.45, 2.75) is 57.7 Å². The number of benzene rings is 1. The van der Waals surface area contributed by atoms with Crippen molar-refractivity contribution in [3.63, 3.8) is 0 Å². The Labute approximate surface area is 152 Å². The monoisotopic (exact) mass is 371 g/mol. The van der Waals surface area contributed by atoms with Crippen molar-refractivity contribution in [3.8, 4) is 0 Å². The summed E-state index contributed by atoms with van der Waals surface area (Å²) in [5, 5.41) is 9.32. The van der Waals surface area contributed by atoms with E-state index >= 15 is 0 Å². The minimum atomic E-state index is -0.524. The van der Waals surface area contributed by atoms with Gasteiger partial charge < -0.3 is 5.32 Å². The molecule has 24 heavy (non-hydrogen) atoms. The lowest BCUT2D eigenvalue weighted by Crippen LogP contribution is -2.50. The fraction of sp³-hybridized carbons (Fsp3) is 0.529. The normalized spacial score (nSPS) is 17.3. The van der Waals surface area contributed by atoms with E-state index in [1.165, 1.54) is 0 Å². The zero-order valence-electron chi connectivity index (χ0n) is 13.9. The molecule has 1 aromatic rings. The van der Waals surface area contributed by atoms with Crippen LogP contribution >= 0.6 is 23.2 Å². The fourth-order valence-electron chi connectivity index (χ4n) is 2.84. The highest BCUT2D eigenvalue weighted by Gasteiger charge is 2.21. The summed E-state index contributed by atoms with van der Waals surface area (Å²) in [5.74, 6) is -0.364. The highest BCUT2D eigenvalue weighted by molar-refractivity contribution is 6.42. The van der Waals surface area contributed by atoms with Crippen molar-refractivity contribution >= 4 is 35.1 Å². The van der Waals surface area contributed by atoms with Gasteiger partial charge in [-0.15, -0.1) is 0 Å². The van der Waals surface area contributed by atoms with E-state index in [0.717, 1.165) is 31.2 Å². The molecular weight excluding hydrogens is 349 g/mol. The van der Waals surface area contributed by atoms with E-state index in [9.17, 15) is 9.59 Å². The van der Waals surface area contributed by atoms with Gasteiger partial charge in [-0.1, -0.05) is 42.1 Å². The van der Waals surface area contributed by atoms with Crippen LogP contribution in [0.5, 0.6) is 0 Å². The van der Waals surface area contributed by atoms with Crippen LogP contribution in [0.25, 0.3) is 0 Å². The molecule has 3 amide bonds. The topological polar surface area (TPSA) is 70.2 Å². The molecule has 1 aliphatic rings. The minimum Gasteiger partial charge on any atom is -0.335 e. The van der Waals surface area contributed by atoms with Gasteiger partial charge in [-0.25, -0.2) is 4.79 Å². The van der Waals surface area contributed by atoms with Gasteiger partial charge >= 0.3 is 6.03 Å². The molecule has 1 fully saturated rings. The first-order chi connectivity index (χ1) is 11.4. The van der Waals surface area contributed by atoms with Gasteiger partial charge in [0.15, 0.2) is 0 Å². The molecule has 132 valence electrons. The summed E-state index contributed by atoms with van der Waals surface area (Å²) in [4.78, 5) is 24.0. The number of halogens is 2. The maximum atomic E-state index is 12.1. The summed E-state index contributed by atoms with van der Waals surface area (Å²) < 4.78 is 0. The van der Waals surface area contributed by atoms with E-state index in [4.69, 9.17) is 23.2 Å². The highest BCUT2D eigenvalue weighted by atomic mass is 35.5. The number of amides is 3. The van der Waals surface area contributed by atoms with Crippen molar-refractivity contribution < 1.29 is 9.59 Å². The van der Waals surface area contributed by atoms with Gasteiger partial charge in [0.1, 0.15) is 0 Å². The van der Waals surface area contributed by atoms with Gasteiger partial charge in [0.05, 0.1) is 16.1 Å². The Bertz CT molecular complexity index is 603. The first-order valence-electron chi connectivity index (χ1n) is 8.19. The molecule has 0 aromatic heterocycles. The lowest BCUT2D eigenvalue weighted by molar-refractivity contribution is -0.121. The van der Waals surface area contributed by atoms with Gasteiger partial charge in [-0.3, -0.25) is 15.4 Å². The predicted molar refractivity (Wildman–Crippen MR) is 96.4 cm³/mol. The molecule has 2 atom stereocenters. The molecule has 0 spiro atoms. The molecule has 5 nitrogen and oxygen atoms in total. The quantitative estimate of drug-likeness (QED) is 0.736. The molecule has 0 radical (unpaired) electrons. The average molecular weight is 372 g/mol. The second-order valence-corrected chi connectivity index (χ2v) is 7.04. The van der Waals surface area contributed by atoms with Gasteiger partial charge in [-0.05, 0) is 44.4 Å². The van der Waals surface area contributed by atoms with E-state index < -0.39 is 12.1 Å². The number of carbonyl (C=O) groups is 2. The van der Waals surface area contributed by atoms with Crippen LogP contribution in [-0.4, -0.2) is 24.0 Å². The smallest absolute Gasteiger partial charge is 0.321 e. The van der Waals surface area contributed by atoms with Crippen molar-refractivity contribution in [1.82, 2.24) is 16.0 Å². The van der Waals surface area contributed by atoms with Crippen LogP contribution in [0.3, 0.4) is 0 Å². The van der Waals surface area contributed by atoms with Crippen molar-refractivity contribution in [2.24, 2.45) is 0 Å². The number of rotatable bonds is 5. The number of urea groups is 1. The fourth-order valence-corrected chi connectivity index (χ4v) is 3.15. The number of nitrogens with one attached hydrogen (secondary N) is 3. The summed E-state index contributed by atoms with van der Waals surface area (Å²) in [5.41, 5.74) is 0.916. The zero-order valence-corrected chi connectivity index (χ0v) is 15.4. The molecule has 0 aliphatic heterocycles. The van der Waals surface area contributed by atoms with Crippen LogP contribution in [0.4, 0.5) is 4.79 Å². The molecule has 0 bridgehead atoms. The second kappa shape index (κ2) is 8.70. The Morgan fingerprint density at radius 1 is 1.12 bits per heavy atom. The van der Waals surface area contributed by atoms with E-state index in [-0.39, 0.29) is 18.0 Å². The molecule has 1 saturated carbocycles. The van der Waals surface area contributed by atoms with Crippen LogP contribution in [0.2, 0.25) is 10.0 Å². The summed E-state index contributed by atoms with van der Waals surface area (Å²) in [6, 6.07) is 4.44. The molecule has 1 aromatic carbocycles. The number of imide groups is 1. The molecule has 2 rings (SSSR count).